The van der Waals surface area contributed by atoms with Crippen LogP contribution >= 0.6 is 12.6 Å². The van der Waals surface area contributed by atoms with Crippen LogP contribution in [0.3, 0.4) is 0 Å². The minimum Gasteiger partial charge on any atom is -0.388 e. The number of thiol groups is 1. The van der Waals surface area contributed by atoms with Gasteiger partial charge in [-0.3, -0.25) is 0 Å². The fourth-order valence-corrected chi connectivity index (χ4v) is 1.88. The van der Waals surface area contributed by atoms with Gasteiger partial charge in [0.2, 0.25) is 0 Å². The van der Waals surface area contributed by atoms with E-state index in [0.29, 0.717) is 0 Å². The first-order valence-electron chi connectivity index (χ1n) is 4.36. The van der Waals surface area contributed by atoms with Crippen LogP contribution in [0, 0.1) is 5.92 Å². The van der Waals surface area contributed by atoms with E-state index < -0.39 is 0 Å². The Morgan fingerprint density at radius 1 is 1.58 bits per heavy atom. The lowest BCUT2D eigenvalue weighted by atomic mass is 9.87. The summed E-state index contributed by atoms with van der Waals surface area (Å²) in [7, 11) is 0. The minimum absolute atomic E-state index is 0.216. The highest BCUT2D eigenvalue weighted by Crippen LogP contribution is 2.33. The summed E-state index contributed by atoms with van der Waals surface area (Å²) in [6.45, 7) is 6.15. The highest BCUT2D eigenvalue weighted by molar-refractivity contribution is 7.84. The summed E-state index contributed by atoms with van der Waals surface area (Å²) < 4.78 is 0. The summed E-state index contributed by atoms with van der Waals surface area (Å²) in [6.07, 6.45) is 2.54. The van der Waals surface area contributed by atoms with Crippen LogP contribution in [0.15, 0.2) is 22.1 Å². The molecule has 1 aliphatic rings. The Balaban J connectivity index is 3.00. The van der Waals surface area contributed by atoms with Gasteiger partial charge in [-0.2, -0.15) is 0 Å². The first-order chi connectivity index (χ1) is 5.57. The average molecular weight is 184 g/mol. The SMILES string of the molecule is CCC1=CC(O)C(C)C(C)=C1S. The molecule has 68 valence electrons. The van der Waals surface area contributed by atoms with Crippen LogP contribution in [0.5, 0.6) is 0 Å². The normalized spacial score (nSPS) is 30.6. The van der Waals surface area contributed by atoms with E-state index in [9.17, 15) is 5.11 Å². The summed E-state index contributed by atoms with van der Waals surface area (Å²) in [4.78, 5) is 1.07. The second-order valence-electron chi connectivity index (χ2n) is 3.36. The molecule has 0 amide bonds. The number of hydrogen-bond acceptors (Lipinski definition) is 2. The van der Waals surface area contributed by atoms with Gasteiger partial charge in [-0.05, 0) is 18.9 Å². The summed E-state index contributed by atoms with van der Waals surface area (Å²) in [5, 5.41) is 9.62. The third-order valence-corrected chi connectivity index (χ3v) is 3.27. The number of aliphatic hydroxyl groups is 1. The molecule has 0 fully saturated rings. The van der Waals surface area contributed by atoms with Crippen LogP contribution in [-0.4, -0.2) is 11.2 Å². The Morgan fingerprint density at radius 3 is 2.67 bits per heavy atom. The van der Waals surface area contributed by atoms with Crippen molar-refractivity contribution in [1.29, 1.82) is 0 Å². The van der Waals surface area contributed by atoms with Crippen molar-refractivity contribution in [3.63, 3.8) is 0 Å². The molecule has 0 aromatic heterocycles. The summed E-state index contributed by atoms with van der Waals surface area (Å²) in [5.74, 6) is 0.216. The third kappa shape index (κ3) is 1.59. The lowest BCUT2D eigenvalue weighted by Crippen LogP contribution is -2.21. The second-order valence-corrected chi connectivity index (χ2v) is 3.80. The molecule has 12 heavy (non-hydrogen) atoms. The molecule has 0 aromatic carbocycles. The van der Waals surface area contributed by atoms with Gasteiger partial charge in [-0.25, -0.2) is 0 Å². The maximum Gasteiger partial charge on any atom is 0.0789 e. The van der Waals surface area contributed by atoms with E-state index in [1.54, 1.807) is 0 Å². The molecule has 1 N–H and O–H groups in total. The monoisotopic (exact) mass is 184 g/mol. The van der Waals surface area contributed by atoms with Crippen LogP contribution in [-0.2, 0) is 0 Å². The van der Waals surface area contributed by atoms with Gasteiger partial charge in [0.1, 0.15) is 0 Å². The quantitative estimate of drug-likeness (QED) is 0.600. The van der Waals surface area contributed by atoms with Crippen LogP contribution < -0.4 is 0 Å². The van der Waals surface area contributed by atoms with Crippen LogP contribution in [0.1, 0.15) is 27.2 Å². The molecule has 0 aromatic rings. The van der Waals surface area contributed by atoms with Crippen molar-refractivity contribution in [2.24, 2.45) is 5.92 Å². The first kappa shape index (κ1) is 9.87. The smallest absolute Gasteiger partial charge is 0.0789 e. The van der Waals surface area contributed by atoms with Crippen LogP contribution in [0.4, 0.5) is 0 Å². The molecule has 0 bridgehead atoms. The molecule has 0 aliphatic heterocycles. The Bertz CT molecular complexity index is 240. The topological polar surface area (TPSA) is 20.2 Å². The molecule has 0 spiro atoms. The van der Waals surface area contributed by atoms with E-state index in [1.165, 1.54) is 11.1 Å². The maximum atomic E-state index is 9.62. The van der Waals surface area contributed by atoms with Crippen LogP contribution in [0.2, 0.25) is 0 Å². The number of aliphatic hydroxyl groups excluding tert-OH is 1. The molecule has 1 rings (SSSR count). The molecule has 1 aliphatic carbocycles. The van der Waals surface area contributed by atoms with E-state index in [1.807, 2.05) is 19.9 Å². The summed E-state index contributed by atoms with van der Waals surface area (Å²) in [5.41, 5.74) is 2.37. The Morgan fingerprint density at radius 2 is 2.17 bits per heavy atom. The number of rotatable bonds is 1. The molecule has 2 unspecified atom stereocenters. The van der Waals surface area contributed by atoms with Crippen molar-refractivity contribution in [2.45, 2.75) is 33.3 Å². The third-order valence-electron chi connectivity index (χ3n) is 2.63. The van der Waals surface area contributed by atoms with Gasteiger partial charge >= 0.3 is 0 Å². The lowest BCUT2D eigenvalue weighted by Gasteiger charge is -2.25. The van der Waals surface area contributed by atoms with Gasteiger partial charge in [0.15, 0.2) is 0 Å². The number of hydrogen-bond donors (Lipinski definition) is 2. The van der Waals surface area contributed by atoms with Gasteiger partial charge in [-0.1, -0.05) is 25.5 Å². The van der Waals surface area contributed by atoms with Crippen molar-refractivity contribution in [3.05, 3.63) is 22.1 Å². The number of allylic oxidation sites excluding steroid dienone is 1. The molecule has 0 heterocycles. The van der Waals surface area contributed by atoms with Gasteiger partial charge in [0.05, 0.1) is 6.10 Å². The largest absolute Gasteiger partial charge is 0.388 e. The first-order valence-corrected chi connectivity index (χ1v) is 4.81. The fraction of sp³-hybridized carbons (Fsp3) is 0.600. The van der Waals surface area contributed by atoms with Crippen molar-refractivity contribution in [2.75, 3.05) is 0 Å². The summed E-state index contributed by atoms with van der Waals surface area (Å²) >= 11 is 4.43. The fourth-order valence-electron chi connectivity index (χ4n) is 1.44. The van der Waals surface area contributed by atoms with Crippen molar-refractivity contribution < 1.29 is 5.11 Å². The molecule has 2 heteroatoms. The molecular weight excluding hydrogens is 168 g/mol. The van der Waals surface area contributed by atoms with Crippen molar-refractivity contribution in [3.8, 4) is 0 Å². The Kier molecular flexibility index (Phi) is 3.02. The predicted molar refractivity (Wildman–Crippen MR) is 55.2 cm³/mol. The van der Waals surface area contributed by atoms with E-state index >= 15 is 0 Å². The standard InChI is InChI=1S/C10H16OS/c1-4-8-5-9(11)6(2)7(3)10(8)12/h5-6,9,11-12H,4H2,1-3H3. The zero-order valence-electron chi connectivity index (χ0n) is 7.83. The van der Waals surface area contributed by atoms with E-state index in [-0.39, 0.29) is 12.0 Å². The molecule has 0 saturated carbocycles. The van der Waals surface area contributed by atoms with Crippen molar-refractivity contribution in [1.82, 2.24) is 0 Å². The Hall–Kier alpha value is -0.210. The predicted octanol–water partition coefficient (Wildman–Crippen LogP) is 2.54. The average Bonchev–Trinajstić information content (AvgIpc) is 2.08. The van der Waals surface area contributed by atoms with E-state index in [2.05, 4.69) is 19.6 Å². The molecule has 1 nitrogen and oxygen atoms in total. The highest BCUT2D eigenvalue weighted by atomic mass is 32.1. The van der Waals surface area contributed by atoms with E-state index in [0.717, 1.165) is 11.3 Å². The molecule has 2 atom stereocenters. The molecular formula is C10H16OS. The Labute approximate surface area is 79.6 Å². The zero-order valence-corrected chi connectivity index (χ0v) is 8.73. The van der Waals surface area contributed by atoms with Crippen LogP contribution in [0.25, 0.3) is 0 Å². The maximum absolute atomic E-state index is 9.62. The highest BCUT2D eigenvalue weighted by Gasteiger charge is 2.22. The lowest BCUT2D eigenvalue weighted by molar-refractivity contribution is 0.176. The van der Waals surface area contributed by atoms with Gasteiger partial charge in [-0.15, -0.1) is 12.6 Å². The van der Waals surface area contributed by atoms with Gasteiger partial charge < -0.3 is 5.11 Å². The molecule has 0 radical (unpaired) electrons. The minimum atomic E-state index is -0.323. The van der Waals surface area contributed by atoms with Gasteiger partial charge in [0, 0.05) is 10.8 Å². The summed E-state index contributed by atoms with van der Waals surface area (Å²) in [6, 6.07) is 0. The van der Waals surface area contributed by atoms with Gasteiger partial charge in [0.25, 0.3) is 0 Å². The molecule has 0 saturated heterocycles. The zero-order chi connectivity index (χ0) is 9.30. The second kappa shape index (κ2) is 3.67. The van der Waals surface area contributed by atoms with E-state index in [4.69, 9.17) is 0 Å². The van der Waals surface area contributed by atoms with Crippen molar-refractivity contribution >= 4 is 12.6 Å².